The number of aromatic nitrogens is 4. The second kappa shape index (κ2) is 9.38. The number of ether oxygens (including phenoxy) is 2. The predicted octanol–water partition coefficient (Wildman–Crippen LogP) is 4.77. The number of benzene rings is 2. The highest BCUT2D eigenvalue weighted by molar-refractivity contribution is 7.93. The first kappa shape index (κ1) is 24.2. The summed E-state index contributed by atoms with van der Waals surface area (Å²) >= 11 is 0.681. The average Bonchev–Trinajstić information content (AvgIpc) is 3.28. The number of hydrogen-bond acceptors (Lipinski definition) is 9. The molecule has 35 heavy (non-hydrogen) atoms. The largest absolute Gasteiger partial charge is 0.573 e. The van der Waals surface area contributed by atoms with Crippen LogP contribution in [0.3, 0.4) is 0 Å². The maximum atomic E-state index is 14.8. The Morgan fingerprint density at radius 3 is 2.43 bits per heavy atom. The number of nitrogens with zero attached hydrogens (tertiary/aromatic N) is 4. The number of rotatable bonds is 7. The predicted molar refractivity (Wildman–Crippen MR) is 111 cm³/mol. The van der Waals surface area contributed by atoms with Crippen LogP contribution in [-0.4, -0.2) is 34.3 Å². The molecule has 9 nitrogen and oxygen atoms in total. The van der Waals surface area contributed by atoms with Crippen LogP contribution in [0.2, 0.25) is 0 Å². The van der Waals surface area contributed by atoms with Gasteiger partial charge in [-0.3, -0.25) is 4.72 Å². The molecule has 0 saturated heterocycles. The Labute approximate surface area is 197 Å². The number of sulfonamides is 1. The molecule has 0 radical (unpaired) electrons. The summed E-state index contributed by atoms with van der Waals surface area (Å²) < 4.78 is 107. The van der Waals surface area contributed by atoms with Gasteiger partial charge < -0.3 is 9.47 Å². The van der Waals surface area contributed by atoms with E-state index in [0.717, 1.165) is 24.5 Å². The Morgan fingerprint density at radius 1 is 0.971 bits per heavy atom. The maximum absolute atomic E-state index is 14.8. The molecule has 0 amide bonds. The van der Waals surface area contributed by atoms with E-state index in [0.29, 0.717) is 23.7 Å². The first-order valence-corrected chi connectivity index (χ1v) is 11.4. The minimum atomic E-state index is -4.98. The Morgan fingerprint density at radius 2 is 1.77 bits per heavy atom. The third-order valence-corrected chi connectivity index (χ3v) is 6.22. The van der Waals surface area contributed by atoms with Gasteiger partial charge in [-0.05, 0) is 24.3 Å². The molecule has 0 aliphatic carbocycles. The van der Waals surface area contributed by atoms with Crippen LogP contribution in [0.25, 0.3) is 11.1 Å². The molecular weight excluding hydrogens is 521 g/mol. The molecular formula is C19H10F5N5O4S2. The van der Waals surface area contributed by atoms with Crippen molar-refractivity contribution in [2.24, 2.45) is 0 Å². The van der Waals surface area contributed by atoms with Crippen molar-refractivity contribution >= 4 is 26.7 Å². The van der Waals surface area contributed by atoms with Gasteiger partial charge in [0.25, 0.3) is 10.0 Å². The monoisotopic (exact) mass is 531 g/mol. The summed E-state index contributed by atoms with van der Waals surface area (Å²) in [5.41, 5.74) is 0.208. The average molecular weight is 531 g/mol. The van der Waals surface area contributed by atoms with Crippen LogP contribution >= 0.6 is 11.5 Å². The van der Waals surface area contributed by atoms with Crippen molar-refractivity contribution in [1.82, 2.24) is 19.6 Å². The number of anilines is 1. The fourth-order valence-electron chi connectivity index (χ4n) is 2.77. The highest BCUT2D eigenvalue weighted by Gasteiger charge is 2.31. The minimum Gasteiger partial charge on any atom is -0.454 e. The summed E-state index contributed by atoms with van der Waals surface area (Å²) in [4.78, 5) is 2.58. The minimum absolute atomic E-state index is 0.0175. The molecule has 2 aromatic heterocycles. The highest BCUT2D eigenvalue weighted by atomic mass is 32.2. The molecule has 0 spiro atoms. The van der Waals surface area contributed by atoms with Crippen LogP contribution in [-0.2, 0) is 10.0 Å². The van der Waals surface area contributed by atoms with Crippen LogP contribution in [0.5, 0.6) is 17.2 Å². The van der Waals surface area contributed by atoms with Crippen molar-refractivity contribution in [3.63, 3.8) is 0 Å². The van der Waals surface area contributed by atoms with E-state index in [2.05, 4.69) is 24.3 Å². The second-order valence-electron chi connectivity index (χ2n) is 6.50. The van der Waals surface area contributed by atoms with Gasteiger partial charge in [-0.25, -0.2) is 22.2 Å². The molecule has 2 aromatic carbocycles. The molecule has 0 fully saturated rings. The molecule has 0 aliphatic rings. The van der Waals surface area contributed by atoms with E-state index in [1.54, 1.807) is 0 Å². The lowest BCUT2D eigenvalue weighted by Gasteiger charge is -2.15. The van der Waals surface area contributed by atoms with Crippen molar-refractivity contribution < 1.29 is 39.8 Å². The summed E-state index contributed by atoms with van der Waals surface area (Å²) in [6.45, 7) is 0. The van der Waals surface area contributed by atoms with Crippen LogP contribution in [0.1, 0.15) is 0 Å². The van der Waals surface area contributed by atoms with E-state index in [1.165, 1.54) is 18.5 Å². The molecule has 4 aromatic rings. The van der Waals surface area contributed by atoms with Gasteiger partial charge in [0.1, 0.15) is 28.5 Å². The SMILES string of the molecule is O=S(=O)(Nc1ncns1)c1cc(F)c(Oc2ccc(OC(F)(F)F)cc2-c2ccnnc2)cc1F. The first-order chi connectivity index (χ1) is 16.5. The molecule has 0 saturated carbocycles. The van der Waals surface area contributed by atoms with Crippen molar-refractivity contribution in [3.05, 3.63) is 66.8 Å². The molecule has 0 bridgehead atoms. The van der Waals surface area contributed by atoms with Crippen molar-refractivity contribution in [2.75, 3.05) is 4.72 Å². The molecule has 182 valence electrons. The lowest BCUT2D eigenvalue weighted by atomic mass is 10.1. The lowest BCUT2D eigenvalue weighted by molar-refractivity contribution is -0.274. The normalized spacial score (nSPS) is 11.8. The highest BCUT2D eigenvalue weighted by Crippen LogP contribution is 2.38. The van der Waals surface area contributed by atoms with Crippen molar-refractivity contribution in [2.45, 2.75) is 11.3 Å². The fraction of sp³-hybridized carbons (Fsp3) is 0.0526. The summed E-state index contributed by atoms with van der Waals surface area (Å²) in [5, 5.41) is 7.03. The standard InChI is InChI=1S/C19H10F5N5O4S2/c20-13-7-17(35(30,31)29-18-25-9-28-34-18)14(21)6-16(13)32-15-2-1-11(33-19(22,23)24)5-12(15)10-3-4-26-27-8-10/h1-9H,(H,25,28,29). The van der Waals surface area contributed by atoms with E-state index in [1.807, 2.05) is 4.72 Å². The Kier molecular flexibility index (Phi) is 6.49. The van der Waals surface area contributed by atoms with Crippen molar-refractivity contribution in [1.29, 1.82) is 0 Å². The van der Waals surface area contributed by atoms with Crippen molar-refractivity contribution in [3.8, 4) is 28.4 Å². The van der Waals surface area contributed by atoms with E-state index in [9.17, 15) is 30.4 Å². The van der Waals surface area contributed by atoms with Gasteiger partial charge >= 0.3 is 6.36 Å². The molecule has 2 heterocycles. The van der Waals surface area contributed by atoms with Crippen LogP contribution < -0.4 is 14.2 Å². The second-order valence-corrected chi connectivity index (χ2v) is 8.93. The summed E-state index contributed by atoms with van der Waals surface area (Å²) in [6.07, 6.45) is -1.46. The zero-order chi connectivity index (χ0) is 25.2. The van der Waals surface area contributed by atoms with E-state index < -0.39 is 44.4 Å². The van der Waals surface area contributed by atoms with Gasteiger partial charge in [0.2, 0.25) is 5.13 Å². The maximum Gasteiger partial charge on any atom is 0.573 e. The molecule has 0 aliphatic heterocycles. The Balaban J connectivity index is 1.70. The van der Waals surface area contributed by atoms with E-state index in [4.69, 9.17) is 4.74 Å². The van der Waals surface area contributed by atoms with E-state index >= 15 is 0 Å². The molecule has 1 N–H and O–H groups in total. The summed E-state index contributed by atoms with van der Waals surface area (Å²) in [7, 11) is -4.55. The topological polar surface area (TPSA) is 116 Å². The van der Waals surface area contributed by atoms with Gasteiger partial charge in [-0.2, -0.15) is 14.6 Å². The van der Waals surface area contributed by atoms with Gasteiger partial charge in [-0.15, -0.1) is 13.2 Å². The van der Waals surface area contributed by atoms with E-state index in [-0.39, 0.29) is 22.0 Å². The summed E-state index contributed by atoms with van der Waals surface area (Å²) in [6, 6.07) is 5.16. The fourth-order valence-corrected chi connectivity index (χ4v) is 4.51. The van der Waals surface area contributed by atoms with Crippen LogP contribution in [0, 0.1) is 11.6 Å². The molecule has 4 rings (SSSR count). The zero-order valence-corrected chi connectivity index (χ0v) is 18.5. The van der Waals surface area contributed by atoms with Gasteiger partial charge in [0.15, 0.2) is 11.6 Å². The van der Waals surface area contributed by atoms with Gasteiger partial charge in [0, 0.05) is 34.8 Å². The molecule has 0 unspecified atom stereocenters. The third kappa shape index (κ3) is 5.78. The van der Waals surface area contributed by atoms with Gasteiger partial charge in [-0.1, -0.05) is 0 Å². The third-order valence-electron chi connectivity index (χ3n) is 4.16. The van der Waals surface area contributed by atoms with Gasteiger partial charge in [0.05, 0.1) is 12.4 Å². The Bertz CT molecular complexity index is 1450. The number of halogens is 5. The molecule has 16 heteroatoms. The quantitative estimate of drug-likeness (QED) is 0.339. The molecule has 0 atom stereocenters. The van der Waals surface area contributed by atoms with Crippen LogP contribution in [0.15, 0.2) is 60.0 Å². The number of alkyl halides is 3. The summed E-state index contributed by atoms with van der Waals surface area (Å²) in [5.74, 6) is -4.16. The lowest BCUT2D eigenvalue weighted by Crippen LogP contribution is -2.17. The first-order valence-electron chi connectivity index (χ1n) is 9.15. The Hall–Kier alpha value is -3.92. The number of hydrogen-bond donors (Lipinski definition) is 1. The number of nitrogens with one attached hydrogen (secondary N) is 1. The van der Waals surface area contributed by atoms with Crippen LogP contribution in [0.4, 0.5) is 27.1 Å². The smallest absolute Gasteiger partial charge is 0.454 e. The zero-order valence-electron chi connectivity index (χ0n) is 16.8.